The molecule has 0 bridgehead atoms. The second-order valence-corrected chi connectivity index (χ2v) is 5.03. The second-order valence-electron chi connectivity index (χ2n) is 5.03. The van der Waals surface area contributed by atoms with E-state index in [1.807, 2.05) is 4.90 Å². The summed E-state index contributed by atoms with van der Waals surface area (Å²) in [6.07, 6.45) is 4.75. The Hall–Kier alpha value is -0.610. The number of carbonyl (C=O) groups excluding carboxylic acids is 1. The molecular formula is C11H19N3O. The molecule has 0 aromatic carbocycles. The van der Waals surface area contributed by atoms with Crippen molar-refractivity contribution in [2.45, 2.75) is 31.2 Å². The molecule has 0 aromatic heterocycles. The van der Waals surface area contributed by atoms with Crippen LogP contribution in [0.15, 0.2) is 0 Å². The normalized spacial score (nSPS) is 29.3. The van der Waals surface area contributed by atoms with E-state index >= 15 is 0 Å². The van der Waals surface area contributed by atoms with Crippen molar-refractivity contribution < 1.29 is 4.79 Å². The van der Waals surface area contributed by atoms with E-state index < -0.39 is 0 Å². The molecule has 0 atom stereocenters. The Morgan fingerprint density at radius 1 is 1.20 bits per heavy atom. The Bertz CT molecular complexity index is 269. The van der Waals surface area contributed by atoms with Gasteiger partial charge >= 0.3 is 0 Å². The molecule has 2 heterocycles. The smallest absolute Gasteiger partial charge is 0.244 e. The van der Waals surface area contributed by atoms with Gasteiger partial charge in [-0.3, -0.25) is 10.1 Å². The molecule has 84 valence electrons. The van der Waals surface area contributed by atoms with E-state index in [1.54, 1.807) is 0 Å². The van der Waals surface area contributed by atoms with Crippen molar-refractivity contribution in [3.8, 4) is 0 Å². The van der Waals surface area contributed by atoms with Crippen molar-refractivity contribution in [2.75, 3.05) is 32.8 Å². The third-order valence-electron chi connectivity index (χ3n) is 3.94. The molecule has 2 saturated heterocycles. The predicted octanol–water partition coefficient (Wildman–Crippen LogP) is 0.00410. The number of hydrogen-bond donors (Lipinski definition) is 1. The van der Waals surface area contributed by atoms with E-state index in [4.69, 9.17) is 0 Å². The molecule has 0 unspecified atom stereocenters. The van der Waals surface area contributed by atoms with Crippen LogP contribution >= 0.6 is 0 Å². The fourth-order valence-electron chi connectivity index (χ4n) is 2.66. The second kappa shape index (κ2) is 3.46. The number of hydrogen-bond acceptors (Lipinski definition) is 3. The van der Waals surface area contributed by atoms with Gasteiger partial charge in [-0.25, -0.2) is 0 Å². The van der Waals surface area contributed by atoms with Gasteiger partial charge in [-0.15, -0.1) is 0 Å². The first-order valence-electron chi connectivity index (χ1n) is 6.07. The minimum Gasteiger partial charge on any atom is -0.327 e. The third kappa shape index (κ3) is 1.66. The average molecular weight is 209 g/mol. The summed E-state index contributed by atoms with van der Waals surface area (Å²) in [4.78, 5) is 16.4. The van der Waals surface area contributed by atoms with Crippen molar-refractivity contribution in [1.29, 1.82) is 0 Å². The van der Waals surface area contributed by atoms with Crippen LogP contribution in [0.1, 0.15) is 25.7 Å². The van der Waals surface area contributed by atoms with E-state index in [0.717, 1.165) is 32.6 Å². The van der Waals surface area contributed by atoms with Crippen LogP contribution in [-0.4, -0.2) is 54.1 Å². The summed E-state index contributed by atoms with van der Waals surface area (Å²) >= 11 is 0. The van der Waals surface area contributed by atoms with Gasteiger partial charge in [-0.1, -0.05) is 0 Å². The minimum atomic E-state index is -0.106. The zero-order valence-electron chi connectivity index (χ0n) is 9.17. The van der Waals surface area contributed by atoms with Gasteiger partial charge in [-0.05, 0) is 38.8 Å². The molecule has 2 aliphatic heterocycles. The molecule has 1 N–H and O–H groups in total. The van der Waals surface area contributed by atoms with Crippen molar-refractivity contribution >= 4 is 5.91 Å². The Labute approximate surface area is 90.6 Å². The number of nitrogens with one attached hydrogen (secondary N) is 1. The molecule has 3 fully saturated rings. The first-order valence-corrected chi connectivity index (χ1v) is 6.07. The number of rotatable bonds is 3. The lowest BCUT2D eigenvalue weighted by Crippen LogP contribution is -2.37. The lowest BCUT2D eigenvalue weighted by molar-refractivity contribution is -0.129. The summed E-state index contributed by atoms with van der Waals surface area (Å²) in [5, 5.41) is 3.34. The van der Waals surface area contributed by atoms with Gasteiger partial charge < -0.3 is 9.80 Å². The summed E-state index contributed by atoms with van der Waals surface area (Å²) in [6, 6.07) is 0. The van der Waals surface area contributed by atoms with Gasteiger partial charge in [0.15, 0.2) is 0 Å². The van der Waals surface area contributed by atoms with Crippen LogP contribution in [0.5, 0.6) is 0 Å². The monoisotopic (exact) mass is 209 g/mol. The Kier molecular flexibility index (Phi) is 2.21. The van der Waals surface area contributed by atoms with Crippen LogP contribution in [0.3, 0.4) is 0 Å². The molecule has 1 saturated carbocycles. The summed E-state index contributed by atoms with van der Waals surface area (Å²) in [5.41, 5.74) is -0.106. The highest BCUT2D eigenvalue weighted by molar-refractivity contribution is 5.91. The van der Waals surface area contributed by atoms with Crippen molar-refractivity contribution in [3.05, 3.63) is 0 Å². The summed E-state index contributed by atoms with van der Waals surface area (Å²) < 4.78 is 0. The maximum absolute atomic E-state index is 11.9. The summed E-state index contributed by atoms with van der Waals surface area (Å²) in [6.45, 7) is 5.19. The largest absolute Gasteiger partial charge is 0.327 e. The summed E-state index contributed by atoms with van der Waals surface area (Å²) in [5.74, 6) is 0.349. The molecule has 1 amide bonds. The fourth-order valence-corrected chi connectivity index (χ4v) is 2.66. The zero-order valence-corrected chi connectivity index (χ0v) is 9.17. The number of likely N-dealkylation sites (tertiary alicyclic amines) is 1. The molecule has 15 heavy (non-hydrogen) atoms. The van der Waals surface area contributed by atoms with E-state index in [1.165, 1.54) is 25.9 Å². The highest BCUT2D eigenvalue weighted by Crippen LogP contribution is 2.39. The van der Waals surface area contributed by atoms with E-state index in [2.05, 4.69) is 10.2 Å². The van der Waals surface area contributed by atoms with Crippen LogP contribution in [0.2, 0.25) is 0 Å². The van der Waals surface area contributed by atoms with E-state index in [9.17, 15) is 4.79 Å². The topological polar surface area (TPSA) is 35.6 Å². The molecular weight excluding hydrogens is 190 g/mol. The fraction of sp³-hybridized carbons (Fsp3) is 0.909. The van der Waals surface area contributed by atoms with Gasteiger partial charge in [0.2, 0.25) is 5.91 Å². The van der Waals surface area contributed by atoms with Crippen LogP contribution < -0.4 is 5.32 Å². The Morgan fingerprint density at radius 2 is 1.93 bits per heavy atom. The number of carbonyl (C=O) groups is 1. The SMILES string of the molecule is O=C1N(CCN2CCCC2)CNC12CC2. The van der Waals surface area contributed by atoms with E-state index in [-0.39, 0.29) is 5.54 Å². The highest BCUT2D eigenvalue weighted by atomic mass is 16.2. The minimum absolute atomic E-state index is 0.106. The van der Waals surface area contributed by atoms with Crippen LogP contribution in [0.25, 0.3) is 0 Å². The average Bonchev–Trinajstić information content (AvgIpc) is 2.72. The Balaban J connectivity index is 1.49. The van der Waals surface area contributed by atoms with Crippen LogP contribution in [-0.2, 0) is 4.79 Å². The zero-order chi connectivity index (χ0) is 10.3. The molecule has 0 radical (unpaired) electrons. The lowest BCUT2D eigenvalue weighted by atomic mass is 10.3. The molecule has 3 aliphatic rings. The van der Waals surface area contributed by atoms with Gasteiger partial charge in [0.1, 0.15) is 0 Å². The summed E-state index contributed by atoms with van der Waals surface area (Å²) in [7, 11) is 0. The van der Waals surface area contributed by atoms with Crippen molar-refractivity contribution in [1.82, 2.24) is 15.1 Å². The first kappa shape index (κ1) is 9.60. The predicted molar refractivity (Wildman–Crippen MR) is 57.4 cm³/mol. The van der Waals surface area contributed by atoms with Crippen LogP contribution in [0, 0.1) is 0 Å². The maximum Gasteiger partial charge on any atom is 0.244 e. The molecule has 4 heteroatoms. The maximum atomic E-state index is 11.9. The van der Waals surface area contributed by atoms with E-state index in [0.29, 0.717) is 5.91 Å². The Morgan fingerprint density at radius 3 is 2.53 bits per heavy atom. The van der Waals surface area contributed by atoms with Crippen molar-refractivity contribution in [2.24, 2.45) is 0 Å². The van der Waals surface area contributed by atoms with Gasteiger partial charge in [-0.2, -0.15) is 0 Å². The molecule has 3 rings (SSSR count). The van der Waals surface area contributed by atoms with Gasteiger partial charge in [0, 0.05) is 13.1 Å². The number of nitrogens with zero attached hydrogens (tertiary/aromatic N) is 2. The van der Waals surface area contributed by atoms with Crippen LogP contribution in [0.4, 0.5) is 0 Å². The molecule has 0 aromatic rings. The van der Waals surface area contributed by atoms with Crippen molar-refractivity contribution in [3.63, 3.8) is 0 Å². The number of amides is 1. The highest BCUT2D eigenvalue weighted by Gasteiger charge is 2.55. The van der Waals surface area contributed by atoms with Gasteiger partial charge in [0.25, 0.3) is 0 Å². The quantitative estimate of drug-likeness (QED) is 0.711. The first-order chi connectivity index (χ1) is 7.30. The molecule has 4 nitrogen and oxygen atoms in total. The standard InChI is InChI=1S/C11H19N3O/c15-10-11(3-4-11)12-9-14(10)8-7-13-5-1-2-6-13/h12H,1-9H2. The lowest BCUT2D eigenvalue weighted by Gasteiger charge is -2.20. The van der Waals surface area contributed by atoms with Gasteiger partial charge in [0.05, 0.1) is 12.2 Å². The third-order valence-corrected chi connectivity index (χ3v) is 3.94. The molecule has 1 spiro atoms. The molecule has 1 aliphatic carbocycles.